The van der Waals surface area contributed by atoms with Crippen LogP contribution in [0.4, 0.5) is 0 Å². The molecule has 112 valence electrons. The fourth-order valence-electron chi connectivity index (χ4n) is 2.30. The number of aromatic hydroxyl groups is 1. The van der Waals surface area contributed by atoms with Crippen LogP contribution in [0.2, 0.25) is 0 Å². The Labute approximate surface area is 123 Å². The van der Waals surface area contributed by atoms with Crippen LogP contribution in [0.25, 0.3) is 0 Å². The van der Waals surface area contributed by atoms with Gasteiger partial charge in [0.25, 0.3) is 5.91 Å². The number of para-hydroxylation sites is 1. The molecule has 0 fully saturated rings. The number of benzene rings is 1. The van der Waals surface area contributed by atoms with E-state index < -0.39 is 0 Å². The molecule has 0 aliphatic heterocycles. The molecule has 0 aliphatic carbocycles. The van der Waals surface area contributed by atoms with Crippen molar-refractivity contribution in [2.75, 3.05) is 7.11 Å². The molecule has 2 aromatic rings. The van der Waals surface area contributed by atoms with Crippen LogP contribution in [-0.4, -0.2) is 18.1 Å². The second-order valence-corrected chi connectivity index (χ2v) is 4.92. The van der Waals surface area contributed by atoms with Crippen LogP contribution in [0.3, 0.4) is 0 Å². The van der Waals surface area contributed by atoms with Gasteiger partial charge < -0.3 is 19.6 Å². The Hall–Kier alpha value is -2.43. The van der Waals surface area contributed by atoms with Gasteiger partial charge in [-0.1, -0.05) is 6.07 Å². The van der Waals surface area contributed by atoms with Crippen molar-refractivity contribution in [1.82, 2.24) is 5.32 Å². The van der Waals surface area contributed by atoms with E-state index in [1.165, 1.54) is 7.11 Å². The molecule has 2 rings (SSSR count). The van der Waals surface area contributed by atoms with Crippen LogP contribution in [-0.2, 0) is 0 Å². The molecule has 0 aliphatic rings. The smallest absolute Gasteiger partial charge is 0.255 e. The Balaban J connectivity index is 2.20. The van der Waals surface area contributed by atoms with Crippen LogP contribution < -0.4 is 10.1 Å². The zero-order valence-electron chi connectivity index (χ0n) is 12.6. The lowest BCUT2D eigenvalue weighted by atomic mass is 10.1. The van der Waals surface area contributed by atoms with E-state index in [2.05, 4.69) is 5.32 Å². The van der Waals surface area contributed by atoms with Crippen molar-refractivity contribution in [3.8, 4) is 11.5 Å². The van der Waals surface area contributed by atoms with Gasteiger partial charge in [0, 0.05) is 5.56 Å². The number of phenolic OH excluding ortho intramolecular Hbond substituents is 1. The second-order valence-electron chi connectivity index (χ2n) is 4.92. The number of methoxy groups -OCH3 is 1. The van der Waals surface area contributed by atoms with Crippen LogP contribution in [0, 0.1) is 13.8 Å². The number of carbonyl (C=O) groups is 1. The van der Waals surface area contributed by atoms with Gasteiger partial charge in [-0.3, -0.25) is 4.79 Å². The van der Waals surface area contributed by atoms with Crippen molar-refractivity contribution in [1.29, 1.82) is 0 Å². The van der Waals surface area contributed by atoms with E-state index >= 15 is 0 Å². The summed E-state index contributed by atoms with van der Waals surface area (Å²) < 4.78 is 10.5. The maximum absolute atomic E-state index is 12.3. The highest BCUT2D eigenvalue weighted by Crippen LogP contribution is 2.30. The van der Waals surface area contributed by atoms with E-state index in [4.69, 9.17) is 9.15 Å². The van der Waals surface area contributed by atoms with Crippen molar-refractivity contribution < 1.29 is 19.1 Å². The Bertz CT molecular complexity index is 660. The largest absolute Gasteiger partial charge is 0.504 e. The predicted octanol–water partition coefficient (Wildman–Crippen LogP) is 3.10. The molecule has 0 saturated heterocycles. The highest BCUT2D eigenvalue weighted by Gasteiger charge is 2.19. The lowest BCUT2D eigenvalue weighted by Crippen LogP contribution is -2.26. The minimum Gasteiger partial charge on any atom is -0.504 e. The highest BCUT2D eigenvalue weighted by atomic mass is 16.5. The van der Waals surface area contributed by atoms with Gasteiger partial charge in [0.2, 0.25) is 0 Å². The molecule has 5 nitrogen and oxygen atoms in total. The lowest BCUT2D eigenvalue weighted by Gasteiger charge is -2.14. The summed E-state index contributed by atoms with van der Waals surface area (Å²) in [5, 5.41) is 12.8. The average molecular weight is 289 g/mol. The van der Waals surface area contributed by atoms with Gasteiger partial charge >= 0.3 is 0 Å². The third-order valence-corrected chi connectivity index (χ3v) is 3.36. The van der Waals surface area contributed by atoms with Gasteiger partial charge in [0.05, 0.1) is 18.7 Å². The normalized spacial score (nSPS) is 12.0. The summed E-state index contributed by atoms with van der Waals surface area (Å²) >= 11 is 0. The van der Waals surface area contributed by atoms with Gasteiger partial charge in [-0.05, 0) is 39.0 Å². The van der Waals surface area contributed by atoms with Gasteiger partial charge in [-0.25, -0.2) is 0 Å². The molecule has 2 N–H and O–H groups in total. The first kappa shape index (κ1) is 15.0. The van der Waals surface area contributed by atoms with E-state index in [-0.39, 0.29) is 29.0 Å². The van der Waals surface area contributed by atoms with E-state index in [0.717, 1.165) is 17.1 Å². The topological polar surface area (TPSA) is 71.7 Å². The molecule has 21 heavy (non-hydrogen) atoms. The summed E-state index contributed by atoms with van der Waals surface area (Å²) in [5.41, 5.74) is 1.10. The van der Waals surface area contributed by atoms with Crippen LogP contribution in [0.5, 0.6) is 11.5 Å². The van der Waals surface area contributed by atoms with E-state index in [1.54, 1.807) is 18.2 Å². The number of phenols is 1. The third kappa shape index (κ3) is 3.02. The zero-order chi connectivity index (χ0) is 15.6. The fourth-order valence-corrected chi connectivity index (χ4v) is 2.30. The molecular formula is C16H19NO4. The van der Waals surface area contributed by atoms with E-state index in [0.29, 0.717) is 0 Å². The second kappa shape index (κ2) is 5.91. The molecule has 0 spiro atoms. The Kier molecular flexibility index (Phi) is 4.21. The molecule has 0 bridgehead atoms. The quantitative estimate of drug-likeness (QED) is 0.907. The Morgan fingerprint density at radius 3 is 2.67 bits per heavy atom. The number of aryl methyl sites for hydroxylation is 2. The van der Waals surface area contributed by atoms with Crippen LogP contribution in [0.1, 0.15) is 40.4 Å². The van der Waals surface area contributed by atoms with Gasteiger partial charge in [0.15, 0.2) is 11.5 Å². The summed E-state index contributed by atoms with van der Waals surface area (Å²) in [6, 6.07) is 6.48. The van der Waals surface area contributed by atoms with Crippen LogP contribution >= 0.6 is 0 Å². The van der Waals surface area contributed by atoms with Gasteiger partial charge in [-0.2, -0.15) is 0 Å². The average Bonchev–Trinajstić information content (AvgIpc) is 2.78. The van der Waals surface area contributed by atoms with Crippen molar-refractivity contribution in [3.63, 3.8) is 0 Å². The molecule has 1 unspecified atom stereocenters. The molecule has 0 radical (unpaired) electrons. The summed E-state index contributed by atoms with van der Waals surface area (Å²) in [5.74, 6) is 1.32. The maximum Gasteiger partial charge on any atom is 0.255 e. The fraction of sp³-hybridized carbons (Fsp3) is 0.312. The van der Waals surface area contributed by atoms with Crippen molar-refractivity contribution in [2.24, 2.45) is 0 Å². The Morgan fingerprint density at radius 1 is 1.38 bits per heavy atom. The van der Waals surface area contributed by atoms with Gasteiger partial charge in [0.1, 0.15) is 11.5 Å². The molecule has 1 aromatic carbocycles. The van der Waals surface area contributed by atoms with Crippen molar-refractivity contribution in [3.05, 3.63) is 46.9 Å². The predicted molar refractivity (Wildman–Crippen MR) is 78.7 cm³/mol. The number of hydrogen-bond acceptors (Lipinski definition) is 4. The molecule has 1 amide bonds. The maximum atomic E-state index is 12.3. The SMILES string of the molecule is COc1cccc(C(=O)NC(C)c2cc(C)oc2C)c1O. The van der Waals surface area contributed by atoms with Crippen LogP contribution in [0.15, 0.2) is 28.7 Å². The standard InChI is InChI=1S/C16H19NO4/c1-9-8-13(11(3)21-9)10(2)17-16(19)12-6-5-7-14(20-4)15(12)18/h5-8,10,18H,1-4H3,(H,17,19). The van der Waals surface area contributed by atoms with E-state index in [1.807, 2.05) is 26.8 Å². The minimum atomic E-state index is -0.364. The summed E-state index contributed by atoms with van der Waals surface area (Å²) in [7, 11) is 1.44. The molecule has 0 saturated carbocycles. The summed E-state index contributed by atoms with van der Waals surface area (Å²) in [4.78, 5) is 12.3. The first-order valence-electron chi connectivity index (χ1n) is 6.67. The van der Waals surface area contributed by atoms with Crippen molar-refractivity contribution in [2.45, 2.75) is 26.8 Å². The number of hydrogen-bond donors (Lipinski definition) is 2. The first-order chi connectivity index (χ1) is 9.93. The summed E-state index contributed by atoms with van der Waals surface area (Å²) in [6.45, 7) is 5.58. The minimum absolute atomic E-state index is 0.162. The molecule has 1 atom stereocenters. The number of carbonyl (C=O) groups excluding carboxylic acids is 1. The monoisotopic (exact) mass is 289 g/mol. The molecule has 1 heterocycles. The Morgan fingerprint density at radius 2 is 2.10 bits per heavy atom. The third-order valence-electron chi connectivity index (χ3n) is 3.36. The first-order valence-corrected chi connectivity index (χ1v) is 6.67. The number of furan rings is 1. The number of ether oxygens (including phenoxy) is 1. The number of amides is 1. The zero-order valence-corrected chi connectivity index (χ0v) is 12.6. The summed E-state index contributed by atoms with van der Waals surface area (Å²) in [6.07, 6.45) is 0. The molecule has 1 aromatic heterocycles. The number of rotatable bonds is 4. The van der Waals surface area contributed by atoms with E-state index in [9.17, 15) is 9.90 Å². The van der Waals surface area contributed by atoms with Gasteiger partial charge in [-0.15, -0.1) is 0 Å². The number of nitrogens with one attached hydrogen (secondary N) is 1. The van der Waals surface area contributed by atoms with Crippen molar-refractivity contribution >= 4 is 5.91 Å². The molecule has 5 heteroatoms. The highest BCUT2D eigenvalue weighted by molar-refractivity contribution is 5.97. The lowest BCUT2D eigenvalue weighted by molar-refractivity contribution is 0.0936. The molecular weight excluding hydrogens is 270 g/mol.